The molecule has 0 aliphatic heterocycles. The summed E-state index contributed by atoms with van der Waals surface area (Å²) in [7, 11) is 0. The Hall–Kier alpha value is -2.00. The molecule has 0 bridgehead atoms. The summed E-state index contributed by atoms with van der Waals surface area (Å²) in [6.45, 7) is 3.90. The lowest BCUT2D eigenvalue weighted by molar-refractivity contribution is 0.103. The second kappa shape index (κ2) is 5.97. The van der Waals surface area contributed by atoms with E-state index in [-0.39, 0.29) is 11.9 Å². The molecule has 20 heavy (non-hydrogen) atoms. The average Bonchev–Trinajstić information content (AvgIpc) is 2.38. The molecule has 2 aromatic carbocycles. The van der Waals surface area contributed by atoms with Crippen LogP contribution in [0.4, 0.5) is 5.69 Å². The second-order valence-corrected chi connectivity index (χ2v) is 5.19. The summed E-state index contributed by atoms with van der Waals surface area (Å²) in [5.74, 6) is 0.607. The van der Waals surface area contributed by atoms with Gasteiger partial charge in [-0.2, -0.15) is 0 Å². The predicted molar refractivity (Wildman–Crippen MR) is 81.5 cm³/mol. The molecule has 0 aliphatic carbocycles. The number of ether oxygens (including phenoxy) is 1. The molecule has 0 radical (unpaired) electrons. The Bertz CT molecular complexity index is 621. The topological polar surface area (TPSA) is 52.3 Å². The smallest absolute Gasteiger partial charge is 0.195 e. The van der Waals surface area contributed by atoms with Crippen molar-refractivity contribution in [2.24, 2.45) is 0 Å². The van der Waals surface area contributed by atoms with Crippen LogP contribution >= 0.6 is 11.6 Å². The van der Waals surface area contributed by atoms with Gasteiger partial charge in [0.05, 0.1) is 6.10 Å². The third kappa shape index (κ3) is 3.31. The summed E-state index contributed by atoms with van der Waals surface area (Å²) >= 11 is 5.83. The number of nitrogen functional groups attached to an aromatic ring is 1. The third-order valence-corrected chi connectivity index (χ3v) is 2.98. The molecule has 0 aliphatic rings. The van der Waals surface area contributed by atoms with E-state index in [4.69, 9.17) is 22.1 Å². The molecule has 0 fully saturated rings. The summed E-state index contributed by atoms with van der Waals surface area (Å²) in [5, 5.41) is 0.514. The first-order chi connectivity index (χ1) is 9.47. The standard InChI is InChI=1S/C16H16ClNO2/c1-10(2)20-13-6-3-11(4-7-13)16(19)14-8-5-12(17)9-15(14)18/h3-10H,18H2,1-2H3. The van der Waals surface area contributed by atoms with E-state index >= 15 is 0 Å². The van der Waals surface area contributed by atoms with Crippen LogP contribution in [-0.2, 0) is 0 Å². The molecular formula is C16H16ClNO2. The van der Waals surface area contributed by atoms with Crippen molar-refractivity contribution >= 4 is 23.1 Å². The van der Waals surface area contributed by atoms with Crippen molar-refractivity contribution in [3.05, 3.63) is 58.6 Å². The van der Waals surface area contributed by atoms with Gasteiger partial charge in [0.2, 0.25) is 0 Å². The van der Waals surface area contributed by atoms with Gasteiger partial charge in [-0.25, -0.2) is 0 Å². The van der Waals surface area contributed by atoms with Gasteiger partial charge in [0.15, 0.2) is 5.78 Å². The lowest BCUT2D eigenvalue weighted by Crippen LogP contribution is -2.07. The summed E-state index contributed by atoms with van der Waals surface area (Å²) in [5.41, 5.74) is 7.22. The van der Waals surface area contributed by atoms with Gasteiger partial charge >= 0.3 is 0 Å². The molecule has 2 aromatic rings. The molecular weight excluding hydrogens is 274 g/mol. The fraction of sp³-hybridized carbons (Fsp3) is 0.188. The minimum atomic E-state index is -0.129. The molecule has 0 unspecified atom stereocenters. The minimum absolute atomic E-state index is 0.100. The molecule has 3 nitrogen and oxygen atoms in total. The van der Waals surface area contributed by atoms with Gasteiger partial charge in [-0.15, -0.1) is 0 Å². The number of nitrogens with two attached hydrogens (primary N) is 1. The average molecular weight is 290 g/mol. The Labute approximate surface area is 123 Å². The van der Waals surface area contributed by atoms with Gasteiger partial charge in [-0.1, -0.05) is 11.6 Å². The number of benzene rings is 2. The predicted octanol–water partition coefficient (Wildman–Crippen LogP) is 3.94. The number of rotatable bonds is 4. The van der Waals surface area contributed by atoms with Gasteiger partial charge in [0, 0.05) is 21.8 Å². The van der Waals surface area contributed by atoms with Gasteiger partial charge in [-0.3, -0.25) is 4.79 Å². The Kier molecular flexibility index (Phi) is 4.30. The Morgan fingerprint density at radius 3 is 2.35 bits per heavy atom. The van der Waals surface area contributed by atoms with E-state index in [0.29, 0.717) is 21.8 Å². The van der Waals surface area contributed by atoms with Crippen molar-refractivity contribution in [3.8, 4) is 5.75 Å². The van der Waals surface area contributed by atoms with Crippen LogP contribution in [0.5, 0.6) is 5.75 Å². The Morgan fingerprint density at radius 2 is 1.80 bits per heavy atom. The molecule has 0 amide bonds. The maximum absolute atomic E-state index is 12.3. The number of anilines is 1. The molecule has 0 aromatic heterocycles. The van der Waals surface area contributed by atoms with E-state index in [1.807, 2.05) is 13.8 Å². The van der Waals surface area contributed by atoms with E-state index in [1.54, 1.807) is 42.5 Å². The van der Waals surface area contributed by atoms with E-state index in [1.165, 1.54) is 0 Å². The quantitative estimate of drug-likeness (QED) is 0.685. The molecule has 0 heterocycles. The van der Waals surface area contributed by atoms with Crippen molar-refractivity contribution < 1.29 is 9.53 Å². The highest BCUT2D eigenvalue weighted by Crippen LogP contribution is 2.22. The lowest BCUT2D eigenvalue weighted by atomic mass is 10.0. The number of carbonyl (C=O) groups is 1. The molecule has 0 atom stereocenters. The highest BCUT2D eigenvalue weighted by molar-refractivity contribution is 6.31. The first-order valence-electron chi connectivity index (χ1n) is 6.34. The van der Waals surface area contributed by atoms with Crippen LogP contribution in [0.3, 0.4) is 0 Å². The number of ketones is 1. The van der Waals surface area contributed by atoms with Crippen LogP contribution in [0.2, 0.25) is 5.02 Å². The first kappa shape index (κ1) is 14.4. The van der Waals surface area contributed by atoms with Crippen LogP contribution in [0.15, 0.2) is 42.5 Å². The number of hydrogen-bond donors (Lipinski definition) is 1. The fourth-order valence-electron chi connectivity index (χ4n) is 1.85. The third-order valence-electron chi connectivity index (χ3n) is 2.75. The van der Waals surface area contributed by atoms with Crippen molar-refractivity contribution in [1.29, 1.82) is 0 Å². The van der Waals surface area contributed by atoms with Crippen LogP contribution in [0, 0.1) is 0 Å². The zero-order chi connectivity index (χ0) is 14.7. The van der Waals surface area contributed by atoms with E-state index in [0.717, 1.165) is 5.75 Å². The van der Waals surface area contributed by atoms with Crippen LogP contribution < -0.4 is 10.5 Å². The first-order valence-corrected chi connectivity index (χ1v) is 6.71. The molecule has 2 rings (SSSR count). The number of hydrogen-bond acceptors (Lipinski definition) is 3. The Morgan fingerprint density at radius 1 is 1.15 bits per heavy atom. The number of halogens is 1. The monoisotopic (exact) mass is 289 g/mol. The molecule has 0 spiro atoms. The normalized spacial score (nSPS) is 10.6. The van der Waals surface area contributed by atoms with Crippen LogP contribution in [0.25, 0.3) is 0 Å². The van der Waals surface area contributed by atoms with Crippen molar-refractivity contribution in [2.45, 2.75) is 20.0 Å². The van der Waals surface area contributed by atoms with E-state index < -0.39 is 0 Å². The lowest BCUT2D eigenvalue weighted by Gasteiger charge is -2.10. The minimum Gasteiger partial charge on any atom is -0.491 e. The van der Waals surface area contributed by atoms with Gasteiger partial charge in [-0.05, 0) is 56.3 Å². The molecule has 0 saturated heterocycles. The fourth-order valence-corrected chi connectivity index (χ4v) is 2.03. The van der Waals surface area contributed by atoms with Gasteiger partial charge in [0.1, 0.15) is 5.75 Å². The van der Waals surface area contributed by atoms with Crippen molar-refractivity contribution in [1.82, 2.24) is 0 Å². The largest absolute Gasteiger partial charge is 0.491 e. The molecule has 104 valence electrons. The highest BCUT2D eigenvalue weighted by Gasteiger charge is 2.12. The zero-order valence-electron chi connectivity index (χ0n) is 11.4. The van der Waals surface area contributed by atoms with E-state index in [2.05, 4.69) is 0 Å². The van der Waals surface area contributed by atoms with Crippen LogP contribution in [0.1, 0.15) is 29.8 Å². The van der Waals surface area contributed by atoms with Gasteiger partial charge < -0.3 is 10.5 Å². The SMILES string of the molecule is CC(C)Oc1ccc(C(=O)c2ccc(Cl)cc2N)cc1. The van der Waals surface area contributed by atoms with Crippen molar-refractivity contribution in [3.63, 3.8) is 0 Å². The zero-order valence-corrected chi connectivity index (χ0v) is 12.1. The highest BCUT2D eigenvalue weighted by atomic mass is 35.5. The van der Waals surface area contributed by atoms with Crippen LogP contribution in [-0.4, -0.2) is 11.9 Å². The molecule has 2 N–H and O–H groups in total. The number of carbonyl (C=O) groups excluding carboxylic acids is 1. The maximum Gasteiger partial charge on any atom is 0.195 e. The maximum atomic E-state index is 12.3. The Balaban J connectivity index is 2.25. The van der Waals surface area contributed by atoms with Gasteiger partial charge in [0.25, 0.3) is 0 Å². The molecule has 0 saturated carbocycles. The summed E-state index contributed by atoms with van der Waals surface area (Å²) < 4.78 is 5.54. The second-order valence-electron chi connectivity index (χ2n) is 4.75. The summed E-state index contributed by atoms with van der Waals surface area (Å²) in [6.07, 6.45) is 0.100. The van der Waals surface area contributed by atoms with E-state index in [9.17, 15) is 4.79 Å². The molecule has 4 heteroatoms. The summed E-state index contributed by atoms with van der Waals surface area (Å²) in [4.78, 5) is 12.3. The summed E-state index contributed by atoms with van der Waals surface area (Å²) in [6, 6.07) is 11.9. The van der Waals surface area contributed by atoms with Crippen molar-refractivity contribution in [2.75, 3.05) is 5.73 Å².